The predicted octanol–water partition coefficient (Wildman–Crippen LogP) is 0.251. The van der Waals surface area contributed by atoms with Crippen molar-refractivity contribution in [2.24, 2.45) is 5.73 Å². The van der Waals surface area contributed by atoms with Gasteiger partial charge < -0.3 is 5.73 Å². The first kappa shape index (κ1) is 8.72. The molecule has 0 spiro atoms. The van der Waals surface area contributed by atoms with E-state index < -0.39 is 0 Å². The third kappa shape index (κ3) is 2.08. The average molecular weight is 180 g/mol. The maximum Gasteiger partial charge on any atom is 0.0765 e. The first-order valence-electron chi connectivity index (χ1n) is 4.73. The van der Waals surface area contributed by atoms with Gasteiger partial charge in [0.2, 0.25) is 0 Å². The summed E-state index contributed by atoms with van der Waals surface area (Å²) in [5.74, 6) is 0. The van der Waals surface area contributed by atoms with Crippen LogP contribution < -0.4 is 5.73 Å². The fourth-order valence-electron chi connectivity index (χ4n) is 1.79. The van der Waals surface area contributed by atoms with Crippen LogP contribution in [0.5, 0.6) is 0 Å². The molecule has 1 aliphatic heterocycles. The molecule has 0 amide bonds. The van der Waals surface area contributed by atoms with Crippen molar-refractivity contribution in [2.45, 2.75) is 25.9 Å². The summed E-state index contributed by atoms with van der Waals surface area (Å²) in [6, 6.07) is 2.45. The molecule has 1 aliphatic rings. The Bertz CT molecular complexity index is 281. The van der Waals surface area contributed by atoms with Crippen LogP contribution in [0.2, 0.25) is 0 Å². The van der Waals surface area contributed by atoms with Crippen molar-refractivity contribution >= 4 is 0 Å². The van der Waals surface area contributed by atoms with Crippen molar-refractivity contribution in [1.82, 2.24) is 15.1 Å². The molecule has 0 bridgehead atoms. The molecule has 1 fully saturated rings. The van der Waals surface area contributed by atoms with Gasteiger partial charge in [0.1, 0.15) is 0 Å². The average Bonchev–Trinajstić information content (AvgIpc) is 2.62. The Morgan fingerprint density at radius 3 is 3.15 bits per heavy atom. The third-order valence-corrected chi connectivity index (χ3v) is 2.45. The number of H-pyrrole nitrogens is 1. The van der Waals surface area contributed by atoms with Gasteiger partial charge in [-0.05, 0) is 19.4 Å². The Morgan fingerprint density at radius 1 is 1.77 bits per heavy atom. The van der Waals surface area contributed by atoms with E-state index in [4.69, 9.17) is 5.73 Å². The van der Waals surface area contributed by atoms with Gasteiger partial charge >= 0.3 is 0 Å². The minimum atomic E-state index is 0.361. The molecule has 0 radical (unpaired) electrons. The lowest BCUT2D eigenvalue weighted by atomic mass is 10.3. The zero-order chi connectivity index (χ0) is 9.26. The Hall–Kier alpha value is -0.870. The minimum absolute atomic E-state index is 0.361. The van der Waals surface area contributed by atoms with Crippen LogP contribution in [0.4, 0.5) is 0 Å². The molecule has 2 heterocycles. The molecule has 4 heteroatoms. The molecule has 1 aromatic rings. The second-order valence-corrected chi connectivity index (χ2v) is 3.83. The molecule has 13 heavy (non-hydrogen) atoms. The molecule has 2 rings (SSSR count). The Kier molecular flexibility index (Phi) is 2.33. The molecule has 0 saturated carbocycles. The van der Waals surface area contributed by atoms with Crippen molar-refractivity contribution in [3.8, 4) is 0 Å². The normalized spacial score (nSPS) is 24.0. The third-order valence-electron chi connectivity index (χ3n) is 2.45. The van der Waals surface area contributed by atoms with E-state index in [-0.39, 0.29) is 0 Å². The highest BCUT2D eigenvalue weighted by Crippen LogP contribution is 2.10. The first-order chi connectivity index (χ1) is 6.24. The van der Waals surface area contributed by atoms with E-state index in [1.807, 2.05) is 6.92 Å². The molecular formula is C9H16N4. The fraction of sp³-hybridized carbons (Fsp3) is 0.667. The molecule has 1 aromatic heterocycles. The molecule has 0 aliphatic carbocycles. The van der Waals surface area contributed by atoms with Gasteiger partial charge in [-0.25, -0.2) is 0 Å². The Balaban J connectivity index is 1.91. The van der Waals surface area contributed by atoms with Crippen molar-refractivity contribution in [3.05, 3.63) is 17.5 Å². The van der Waals surface area contributed by atoms with Gasteiger partial charge in [-0.15, -0.1) is 0 Å². The molecule has 72 valence electrons. The number of aryl methyl sites for hydroxylation is 1. The molecule has 1 saturated heterocycles. The van der Waals surface area contributed by atoms with Gasteiger partial charge in [0.05, 0.1) is 5.69 Å². The topological polar surface area (TPSA) is 57.9 Å². The van der Waals surface area contributed by atoms with Crippen LogP contribution in [-0.2, 0) is 6.54 Å². The summed E-state index contributed by atoms with van der Waals surface area (Å²) in [6.07, 6.45) is 1.11. The molecule has 0 unspecified atom stereocenters. The monoisotopic (exact) mass is 180 g/mol. The maximum atomic E-state index is 5.81. The van der Waals surface area contributed by atoms with E-state index >= 15 is 0 Å². The van der Waals surface area contributed by atoms with Gasteiger partial charge in [0, 0.05) is 31.4 Å². The molecule has 3 N–H and O–H groups in total. The summed E-state index contributed by atoms with van der Waals surface area (Å²) >= 11 is 0. The van der Waals surface area contributed by atoms with E-state index in [9.17, 15) is 0 Å². The van der Waals surface area contributed by atoms with E-state index in [0.717, 1.165) is 37.4 Å². The highest BCUT2D eigenvalue weighted by Gasteiger charge is 2.19. The highest BCUT2D eigenvalue weighted by molar-refractivity contribution is 5.06. The fourth-order valence-corrected chi connectivity index (χ4v) is 1.79. The summed E-state index contributed by atoms with van der Waals surface area (Å²) < 4.78 is 0. The van der Waals surface area contributed by atoms with Crippen molar-refractivity contribution in [1.29, 1.82) is 0 Å². The number of likely N-dealkylation sites (tertiary alicyclic amines) is 1. The number of nitrogens with two attached hydrogens (primary N) is 1. The number of aromatic amines is 1. The van der Waals surface area contributed by atoms with Gasteiger partial charge in [-0.2, -0.15) is 5.10 Å². The molecule has 1 atom stereocenters. The summed E-state index contributed by atoms with van der Waals surface area (Å²) in [5, 5.41) is 7.14. The quantitative estimate of drug-likeness (QED) is 0.686. The maximum absolute atomic E-state index is 5.81. The van der Waals surface area contributed by atoms with Crippen LogP contribution in [0.15, 0.2) is 6.07 Å². The van der Waals surface area contributed by atoms with Crippen LogP contribution in [0.1, 0.15) is 17.8 Å². The number of hydrogen-bond acceptors (Lipinski definition) is 3. The van der Waals surface area contributed by atoms with Crippen LogP contribution in [0.25, 0.3) is 0 Å². The number of nitrogens with one attached hydrogen (secondary N) is 1. The summed E-state index contributed by atoms with van der Waals surface area (Å²) in [5.41, 5.74) is 8.05. The molecule has 4 nitrogen and oxygen atoms in total. The predicted molar refractivity (Wildman–Crippen MR) is 51.2 cm³/mol. The lowest BCUT2D eigenvalue weighted by Crippen LogP contribution is -2.26. The summed E-state index contributed by atoms with van der Waals surface area (Å²) in [4.78, 5) is 2.35. The van der Waals surface area contributed by atoms with E-state index in [1.165, 1.54) is 0 Å². The molecule has 0 aromatic carbocycles. The van der Waals surface area contributed by atoms with E-state index in [1.54, 1.807) is 0 Å². The Labute approximate surface area is 78.1 Å². The first-order valence-corrected chi connectivity index (χ1v) is 4.73. The number of hydrogen-bond donors (Lipinski definition) is 2. The van der Waals surface area contributed by atoms with Gasteiger partial charge in [0.15, 0.2) is 0 Å². The van der Waals surface area contributed by atoms with Gasteiger partial charge in [0.25, 0.3) is 0 Å². The Morgan fingerprint density at radius 2 is 2.62 bits per heavy atom. The van der Waals surface area contributed by atoms with Crippen molar-refractivity contribution < 1.29 is 0 Å². The van der Waals surface area contributed by atoms with Crippen molar-refractivity contribution in [2.75, 3.05) is 13.1 Å². The molecular weight excluding hydrogens is 164 g/mol. The second kappa shape index (κ2) is 3.47. The summed E-state index contributed by atoms with van der Waals surface area (Å²) in [7, 11) is 0. The van der Waals surface area contributed by atoms with E-state index in [2.05, 4.69) is 21.2 Å². The van der Waals surface area contributed by atoms with E-state index in [0.29, 0.717) is 6.04 Å². The highest BCUT2D eigenvalue weighted by atomic mass is 15.2. The van der Waals surface area contributed by atoms with Gasteiger partial charge in [-0.3, -0.25) is 10.00 Å². The zero-order valence-corrected chi connectivity index (χ0v) is 7.95. The number of rotatable bonds is 2. The largest absolute Gasteiger partial charge is 0.326 e. The zero-order valence-electron chi connectivity index (χ0n) is 7.95. The second-order valence-electron chi connectivity index (χ2n) is 3.83. The SMILES string of the molecule is Cc1cc(CN2CC[C@H](N)C2)n[nH]1. The lowest BCUT2D eigenvalue weighted by molar-refractivity contribution is 0.322. The van der Waals surface area contributed by atoms with Crippen molar-refractivity contribution in [3.63, 3.8) is 0 Å². The van der Waals surface area contributed by atoms with Crippen LogP contribution >= 0.6 is 0 Å². The van der Waals surface area contributed by atoms with Gasteiger partial charge in [-0.1, -0.05) is 0 Å². The summed E-state index contributed by atoms with van der Waals surface area (Å²) in [6.45, 7) is 5.06. The van der Waals surface area contributed by atoms with Crippen LogP contribution in [0, 0.1) is 6.92 Å². The number of nitrogens with zero attached hydrogens (tertiary/aromatic N) is 2. The van der Waals surface area contributed by atoms with Crippen LogP contribution in [-0.4, -0.2) is 34.2 Å². The standard InChI is InChI=1S/C9H16N4/c1-7-4-9(12-11-7)6-13-3-2-8(10)5-13/h4,8H,2-3,5-6,10H2,1H3,(H,11,12)/t8-/m0/s1. The smallest absolute Gasteiger partial charge is 0.0765 e. The number of aromatic nitrogens is 2. The van der Waals surface area contributed by atoms with Crippen LogP contribution in [0.3, 0.4) is 0 Å². The minimum Gasteiger partial charge on any atom is -0.326 e. The lowest BCUT2D eigenvalue weighted by Gasteiger charge is -2.12.